The van der Waals surface area contributed by atoms with Gasteiger partial charge in [0, 0.05) is 7.26 Å². The summed E-state index contributed by atoms with van der Waals surface area (Å²) in [6.45, 7) is 7.08. The van der Waals surface area contributed by atoms with Crippen LogP contribution in [0.15, 0.2) is 0 Å². The van der Waals surface area contributed by atoms with Crippen molar-refractivity contribution in [1.29, 1.82) is 0 Å². The molecule has 0 saturated carbocycles. The van der Waals surface area contributed by atoms with Crippen molar-refractivity contribution in [3.05, 3.63) is 0 Å². The summed E-state index contributed by atoms with van der Waals surface area (Å²) >= 11 is 4.27. The molecule has 0 nitrogen and oxygen atoms in total. The van der Waals surface area contributed by atoms with Gasteiger partial charge in [-0.3, -0.25) is 0 Å². The molecule has 0 atom stereocenters. The summed E-state index contributed by atoms with van der Waals surface area (Å²) in [4.78, 5) is 0. The van der Waals surface area contributed by atoms with E-state index in [1.165, 1.54) is 31.1 Å². The Kier molecular flexibility index (Phi) is 6.76. The minimum absolute atomic E-state index is 0.504. The summed E-state index contributed by atoms with van der Waals surface area (Å²) in [6, 6.07) is 0. The topological polar surface area (TPSA) is 0 Å². The Labute approximate surface area is 77.9 Å². The number of hydrogen-bond acceptors (Lipinski definition) is 1. The monoisotopic (exact) mass is 193 g/mol. The normalized spacial score (nSPS) is 12.0. The average molecular weight is 193 g/mol. The van der Waals surface area contributed by atoms with Gasteiger partial charge < -0.3 is 0 Å². The smallest absolute Gasteiger partial charge is 0.0601 e. The molecule has 0 radical (unpaired) electrons. The van der Waals surface area contributed by atoms with E-state index in [0.29, 0.717) is 0 Å². The van der Waals surface area contributed by atoms with Crippen LogP contribution in [0.2, 0.25) is 0 Å². The van der Waals surface area contributed by atoms with Gasteiger partial charge in [0.2, 0.25) is 0 Å². The first-order valence-corrected chi connectivity index (χ1v) is 7.86. The van der Waals surface area contributed by atoms with Crippen LogP contribution in [-0.2, 0) is 0 Å². The molecule has 0 amide bonds. The van der Waals surface area contributed by atoms with Gasteiger partial charge in [0.15, 0.2) is 0 Å². The molecule has 0 aliphatic rings. The predicted molar refractivity (Wildman–Crippen MR) is 61.9 cm³/mol. The Morgan fingerprint density at radius 3 is 1.73 bits per heavy atom. The molecule has 2 heteroatoms. The molecule has 0 unspecified atom stereocenters. The largest absolute Gasteiger partial charge is 0.179 e. The van der Waals surface area contributed by atoms with Crippen molar-refractivity contribution >= 4 is 19.9 Å². The molecule has 0 aliphatic heterocycles. The second kappa shape index (κ2) is 6.31. The van der Waals surface area contributed by atoms with E-state index in [9.17, 15) is 0 Å². The summed E-state index contributed by atoms with van der Waals surface area (Å²) < 4.78 is 0. The van der Waals surface area contributed by atoms with Crippen molar-refractivity contribution in [2.75, 3.05) is 30.4 Å². The van der Waals surface area contributed by atoms with Crippen molar-refractivity contribution in [2.24, 2.45) is 0 Å². The zero-order valence-electron chi connectivity index (χ0n) is 8.14. The fraction of sp³-hybridized carbons (Fsp3) is 1.00. The van der Waals surface area contributed by atoms with E-state index in [-0.39, 0.29) is 0 Å². The van der Waals surface area contributed by atoms with Crippen LogP contribution in [0.4, 0.5) is 0 Å². The van der Waals surface area contributed by atoms with Gasteiger partial charge in [-0.15, -0.1) is 0 Å². The summed E-state index contributed by atoms with van der Waals surface area (Å²) in [5.74, 6) is 1.07. The molecular weight excluding hydrogens is 171 g/mol. The Hall–Kier alpha value is 0.780. The Morgan fingerprint density at radius 2 is 1.45 bits per heavy atom. The van der Waals surface area contributed by atoms with Crippen LogP contribution in [0.1, 0.15) is 27.2 Å². The van der Waals surface area contributed by atoms with E-state index >= 15 is 0 Å². The lowest BCUT2D eigenvalue weighted by Crippen LogP contribution is -2.07. The van der Waals surface area contributed by atoms with Gasteiger partial charge in [-0.25, -0.2) is 0 Å². The molecule has 0 bridgehead atoms. The van der Waals surface area contributed by atoms with E-state index < -0.39 is 7.26 Å². The zero-order valence-corrected chi connectivity index (χ0v) is 9.93. The van der Waals surface area contributed by atoms with E-state index in [0.717, 1.165) is 5.75 Å². The van der Waals surface area contributed by atoms with Crippen LogP contribution in [0.3, 0.4) is 0 Å². The highest BCUT2D eigenvalue weighted by Gasteiger charge is 2.29. The summed E-state index contributed by atoms with van der Waals surface area (Å²) in [7, 11) is -0.504. The maximum Gasteiger partial charge on any atom is 0.0601 e. The fourth-order valence-corrected chi connectivity index (χ4v) is 5.08. The first-order valence-electron chi connectivity index (χ1n) is 4.70. The lowest BCUT2D eigenvalue weighted by Gasteiger charge is -2.22. The number of hydrogen-bond donors (Lipinski definition) is 1. The second-order valence-corrected chi connectivity index (χ2v) is 8.57. The first-order chi connectivity index (χ1) is 5.24. The molecule has 0 fully saturated rings. The summed E-state index contributed by atoms with van der Waals surface area (Å²) in [5.41, 5.74) is 0. The van der Waals surface area contributed by atoms with Crippen LogP contribution in [0.5, 0.6) is 0 Å². The Bertz CT molecular complexity index is 81.3. The van der Waals surface area contributed by atoms with Gasteiger partial charge in [-0.2, -0.15) is 12.6 Å². The summed E-state index contributed by atoms with van der Waals surface area (Å²) in [6.07, 6.45) is 7.11. The maximum absolute atomic E-state index is 4.27. The zero-order chi connectivity index (χ0) is 8.74. The third kappa shape index (κ3) is 3.80. The highest BCUT2D eigenvalue weighted by atomic mass is 32.1. The van der Waals surface area contributed by atoms with E-state index in [1.807, 2.05) is 0 Å². The second-order valence-electron chi connectivity index (χ2n) is 3.09. The van der Waals surface area contributed by atoms with Gasteiger partial charge in [0.05, 0.1) is 24.6 Å². The maximum atomic E-state index is 4.27. The van der Waals surface area contributed by atoms with Crippen LogP contribution in [0.25, 0.3) is 0 Å². The minimum Gasteiger partial charge on any atom is -0.179 e. The van der Waals surface area contributed by atoms with Gasteiger partial charge >= 0.3 is 0 Å². The van der Waals surface area contributed by atoms with Crippen molar-refractivity contribution in [2.45, 2.75) is 27.2 Å². The van der Waals surface area contributed by atoms with E-state index in [2.05, 4.69) is 33.4 Å². The molecule has 0 N–H and O–H groups in total. The quantitative estimate of drug-likeness (QED) is 0.485. The molecule has 0 saturated heterocycles. The van der Waals surface area contributed by atoms with Gasteiger partial charge in [-0.1, -0.05) is 0 Å². The van der Waals surface area contributed by atoms with Gasteiger partial charge in [0.1, 0.15) is 0 Å². The predicted octanol–water partition coefficient (Wildman–Crippen LogP) is 3.38. The third-order valence-electron chi connectivity index (χ3n) is 2.80. The average Bonchev–Trinajstić information content (AvgIpc) is 2.08. The molecule has 0 rings (SSSR count). The van der Waals surface area contributed by atoms with Crippen molar-refractivity contribution in [1.82, 2.24) is 0 Å². The van der Waals surface area contributed by atoms with Crippen LogP contribution in [-0.4, -0.2) is 30.4 Å². The molecule has 0 spiro atoms. The van der Waals surface area contributed by atoms with Gasteiger partial charge in [-0.05, 0) is 32.9 Å². The van der Waals surface area contributed by atoms with Crippen molar-refractivity contribution in [3.8, 4) is 0 Å². The third-order valence-corrected chi connectivity index (χ3v) is 8.41. The molecule has 0 aromatic carbocycles. The lowest BCUT2D eigenvalue weighted by molar-refractivity contribution is 1.08. The standard InChI is InChI=1S/C9H21PS/c1-4-10(5-2,6-3)8-7-9-11/h4-9H2,1-3H3/p+1. The van der Waals surface area contributed by atoms with Crippen molar-refractivity contribution < 1.29 is 0 Å². The van der Waals surface area contributed by atoms with E-state index in [4.69, 9.17) is 0 Å². The molecule has 68 valence electrons. The van der Waals surface area contributed by atoms with E-state index in [1.54, 1.807) is 0 Å². The van der Waals surface area contributed by atoms with Crippen molar-refractivity contribution in [3.63, 3.8) is 0 Å². The fourth-order valence-electron chi connectivity index (χ4n) is 1.55. The molecule has 0 aliphatic carbocycles. The molecule has 0 heterocycles. The van der Waals surface area contributed by atoms with Gasteiger partial charge in [0.25, 0.3) is 0 Å². The molecule has 0 aromatic rings. The highest BCUT2D eigenvalue weighted by molar-refractivity contribution is 7.80. The minimum atomic E-state index is -0.504. The number of thiol groups is 1. The molecular formula is C9H22PS+. The van der Waals surface area contributed by atoms with Crippen LogP contribution < -0.4 is 0 Å². The van der Waals surface area contributed by atoms with Crippen LogP contribution >= 0.6 is 19.9 Å². The Balaban J connectivity index is 3.84. The van der Waals surface area contributed by atoms with Crippen LogP contribution in [0, 0.1) is 0 Å². The number of rotatable bonds is 6. The Morgan fingerprint density at radius 1 is 1.00 bits per heavy atom. The highest BCUT2D eigenvalue weighted by Crippen LogP contribution is 2.58. The summed E-state index contributed by atoms with van der Waals surface area (Å²) in [5, 5.41) is 0. The first kappa shape index (κ1) is 11.8. The molecule has 0 aromatic heterocycles. The lowest BCUT2D eigenvalue weighted by atomic mass is 10.6. The SMILES string of the molecule is CC[P+](CC)(CC)CCCS. The molecule has 11 heavy (non-hydrogen) atoms.